The van der Waals surface area contributed by atoms with E-state index in [1.807, 2.05) is 19.1 Å². The van der Waals surface area contributed by atoms with Gasteiger partial charge in [-0.25, -0.2) is 4.99 Å². The van der Waals surface area contributed by atoms with E-state index in [1.165, 1.54) is 0 Å². The minimum Gasteiger partial charge on any atom is -0.493 e. The van der Waals surface area contributed by atoms with Gasteiger partial charge in [-0.05, 0) is 37.6 Å². The minimum atomic E-state index is -4.67. The molecular weight excluding hydrogens is 430 g/mol. The molecule has 1 aromatic carbocycles. The normalized spacial score (nSPS) is 16.3. The maximum atomic E-state index is 8.74. The van der Waals surface area contributed by atoms with Crippen molar-refractivity contribution in [2.75, 3.05) is 47.5 Å². The van der Waals surface area contributed by atoms with E-state index in [2.05, 4.69) is 14.8 Å². The summed E-state index contributed by atoms with van der Waals surface area (Å²) in [5.74, 6) is 2.11. The highest BCUT2D eigenvalue weighted by atomic mass is 32.3. The molecule has 1 aromatic rings. The summed E-state index contributed by atoms with van der Waals surface area (Å²) in [4.78, 5) is 8.97. The second-order valence-corrected chi connectivity index (χ2v) is 7.73. The molecule has 13 heteroatoms. The summed E-state index contributed by atoms with van der Waals surface area (Å²) < 4.78 is 47.9. The fourth-order valence-corrected chi connectivity index (χ4v) is 3.30. The number of hydrogen-bond acceptors (Lipinski definition) is 8. The van der Waals surface area contributed by atoms with Gasteiger partial charge < -0.3 is 25.7 Å². The first-order chi connectivity index (χ1) is 14.5. The summed E-state index contributed by atoms with van der Waals surface area (Å²) in [7, 11) is 0.215. The lowest BCUT2D eigenvalue weighted by atomic mass is 10.1. The molecule has 12 nitrogen and oxygen atoms in total. The predicted octanol–water partition coefficient (Wildman–Crippen LogP) is 0.187. The third kappa shape index (κ3) is 10.0. The Morgan fingerprint density at radius 2 is 1.61 bits per heavy atom. The second kappa shape index (κ2) is 12.5. The molecule has 178 valence electrons. The zero-order valence-electron chi connectivity index (χ0n) is 18.3. The van der Waals surface area contributed by atoms with E-state index in [9.17, 15) is 0 Å². The molecule has 1 unspecified atom stereocenters. The van der Waals surface area contributed by atoms with Gasteiger partial charge in [0, 0.05) is 26.2 Å². The third-order valence-corrected chi connectivity index (χ3v) is 4.62. The molecule has 0 amide bonds. The number of benzene rings is 1. The minimum absolute atomic E-state index is 0.00104. The van der Waals surface area contributed by atoms with Crippen molar-refractivity contribution in [3.63, 3.8) is 0 Å². The number of nitrogens with zero attached hydrogens (tertiary/aromatic N) is 3. The number of ether oxygens (including phenoxy) is 3. The van der Waals surface area contributed by atoms with Crippen LogP contribution >= 0.6 is 0 Å². The van der Waals surface area contributed by atoms with Crippen molar-refractivity contribution in [3.05, 3.63) is 17.7 Å². The van der Waals surface area contributed by atoms with Crippen LogP contribution in [0.3, 0.4) is 0 Å². The van der Waals surface area contributed by atoms with Crippen LogP contribution in [0.25, 0.3) is 0 Å². The zero-order valence-corrected chi connectivity index (χ0v) is 19.1. The maximum Gasteiger partial charge on any atom is 0.394 e. The van der Waals surface area contributed by atoms with E-state index in [0.29, 0.717) is 17.2 Å². The lowest BCUT2D eigenvalue weighted by Gasteiger charge is -2.25. The smallest absolute Gasteiger partial charge is 0.394 e. The molecule has 2 rings (SSSR count). The molecule has 1 heterocycles. The maximum absolute atomic E-state index is 8.74. The van der Waals surface area contributed by atoms with Crippen molar-refractivity contribution < 1.29 is 31.7 Å². The average molecular weight is 464 g/mol. The quantitative estimate of drug-likeness (QED) is 0.247. The van der Waals surface area contributed by atoms with Gasteiger partial charge in [0.1, 0.15) is 6.17 Å². The van der Waals surface area contributed by atoms with Crippen molar-refractivity contribution in [3.8, 4) is 17.2 Å². The summed E-state index contributed by atoms with van der Waals surface area (Å²) >= 11 is 0. The Labute approximate surface area is 183 Å². The van der Waals surface area contributed by atoms with Crippen LogP contribution in [0.2, 0.25) is 0 Å². The molecule has 0 saturated carbocycles. The van der Waals surface area contributed by atoms with Crippen LogP contribution < -0.4 is 25.7 Å². The van der Waals surface area contributed by atoms with Crippen molar-refractivity contribution in [1.82, 2.24) is 9.80 Å². The lowest BCUT2D eigenvalue weighted by Crippen LogP contribution is -2.38. The summed E-state index contributed by atoms with van der Waals surface area (Å²) in [5.41, 5.74) is 12.1. The van der Waals surface area contributed by atoms with Crippen LogP contribution in [0.1, 0.15) is 18.9 Å². The summed E-state index contributed by atoms with van der Waals surface area (Å²) in [6.07, 6.45) is 1.07. The topological polar surface area (TPSA) is 173 Å². The van der Waals surface area contributed by atoms with Gasteiger partial charge in [-0.3, -0.25) is 18.9 Å². The van der Waals surface area contributed by atoms with E-state index in [4.69, 9.17) is 43.2 Å². The van der Waals surface area contributed by atoms with Crippen LogP contribution in [-0.2, 0) is 16.9 Å². The van der Waals surface area contributed by atoms with Gasteiger partial charge in [0.2, 0.25) is 5.75 Å². The van der Waals surface area contributed by atoms with Crippen LogP contribution in [0.15, 0.2) is 17.1 Å². The molecule has 1 aliphatic rings. The van der Waals surface area contributed by atoms with E-state index in [0.717, 1.165) is 44.7 Å². The Morgan fingerprint density at radius 1 is 1.06 bits per heavy atom. The first kappa shape index (κ1) is 26.7. The highest BCUT2D eigenvalue weighted by Gasteiger charge is 2.20. The van der Waals surface area contributed by atoms with Crippen LogP contribution in [-0.4, -0.2) is 87.0 Å². The SMILES string of the molecule is COc1cc(CN2CCCN(C(C)N=C(N)N)CC2)cc(OC)c1OC.O=S(=O)(O)O. The average Bonchev–Trinajstić information content (AvgIpc) is 2.91. The van der Waals surface area contributed by atoms with Crippen LogP contribution in [0.5, 0.6) is 17.2 Å². The molecule has 0 aromatic heterocycles. The van der Waals surface area contributed by atoms with Gasteiger partial charge in [-0.2, -0.15) is 8.42 Å². The third-order valence-electron chi connectivity index (χ3n) is 4.62. The fourth-order valence-electron chi connectivity index (χ4n) is 3.30. The lowest BCUT2D eigenvalue weighted by molar-refractivity contribution is 0.212. The number of rotatable bonds is 7. The van der Waals surface area contributed by atoms with Crippen LogP contribution in [0.4, 0.5) is 0 Å². The molecule has 1 atom stereocenters. The number of guanidine groups is 1. The van der Waals surface area contributed by atoms with E-state index in [-0.39, 0.29) is 12.1 Å². The molecule has 31 heavy (non-hydrogen) atoms. The molecule has 1 saturated heterocycles. The molecule has 0 spiro atoms. The Bertz CT molecular complexity index is 798. The molecule has 0 bridgehead atoms. The Balaban J connectivity index is 0.000000861. The molecule has 0 radical (unpaired) electrons. The Hall–Kier alpha value is -2.32. The standard InChI is InChI=1S/C18H31N5O3.H2O4S/c1-13(21-18(19)20)23-7-5-6-22(8-9-23)12-14-10-15(24-2)17(26-4)16(11-14)25-3;1-5(2,3)4/h10-11,13H,5-9,12H2,1-4H3,(H4,19,20,21);(H2,1,2,3,4). The number of methoxy groups -OCH3 is 3. The second-order valence-electron chi connectivity index (χ2n) is 6.83. The van der Waals surface area contributed by atoms with Crippen molar-refractivity contribution in [2.24, 2.45) is 16.5 Å². The van der Waals surface area contributed by atoms with E-state index >= 15 is 0 Å². The van der Waals surface area contributed by atoms with Gasteiger partial charge in [-0.15, -0.1) is 0 Å². The number of nitrogens with two attached hydrogens (primary N) is 2. The van der Waals surface area contributed by atoms with Gasteiger partial charge in [0.15, 0.2) is 17.5 Å². The first-order valence-corrected chi connectivity index (χ1v) is 10.9. The van der Waals surface area contributed by atoms with Gasteiger partial charge in [0.05, 0.1) is 21.3 Å². The molecule has 6 N–H and O–H groups in total. The largest absolute Gasteiger partial charge is 0.493 e. The number of aliphatic imine (C=N–C) groups is 1. The highest BCUT2D eigenvalue weighted by molar-refractivity contribution is 7.79. The predicted molar refractivity (Wildman–Crippen MR) is 117 cm³/mol. The van der Waals surface area contributed by atoms with Gasteiger partial charge in [0.25, 0.3) is 0 Å². The van der Waals surface area contributed by atoms with Crippen LogP contribution in [0, 0.1) is 0 Å². The van der Waals surface area contributed by atoms with Crippen molar-refractivity contribution in [2.45, 2.75) is 26.1 Å². The van der Waals surface area contributed by atoms with E-state index in [1.54, 1.807) is 21.3 Å². The summed E-state index contributed by atoms with van der Waals surface area (Å²) in [5, 5.41) is 0. The summed E-state index contributed by atoms with van der Waals surface area (Å²) in [6.45, 7) is 6.70. The molecule has 1 fully saturated rings. The fraction of sp³-hybridized carbons (Fsp3) is 0.611. The van der Waals surface area contributed by atoms with Crippen molar-refractivity contribution >= 4 is 16.4 Å². The monoisotopic (exact) mass is 463 g/mol. The molecule has 1 aliphatic heterocycles. The van der Waals surface area contributed by atoms with E-state index < -0.39 is 10.4 Å². The summed E-state index contributed by atoms with van der Waals surface area (Å²) in [6, 6.07) is 4.01. The number of hydrogen-bond donors (Lipinski definition) is 4. The zero-order chi connectivity index (χ0) is 23.6. The van der Waals surface area contributed by atoms with Gasteiger partial charge >= 0.3 is 10.4 Å². The Morgan fingerprint density at radius 3 is 2.06 bits per heavy atom. The molecular formula is C18H33N5O7S. The van der Waals surface area contributed by atoms with Gasteiger partial charge in [-0.1, -0.05) is 0 Å². The first-order valence-electron chi connectivity index (χ1n) is 9.52. The highest BCUT2D eigenvalue weighted by Crippen LogP contribution is 2.38. The van der Waals surface area contributed by atoms with Crippen molar-refractivity contribution in [1.29, 1.82) is 0 Å². The Kier molecular flexibility index (Phi) is 10.8. The molecule has 0 aliphatic carbocycles.